The molecule has 0 N–H and O–H groups in total. The van der Waals surface area contributed by atoms with E-state index in [0.29, 0.717) is 6.61 Å². The van der Waals surface area contributed by atoms with Crippen LogP contribution < -0.4 is 0 Å². The Morgan fingerprint density at radius 1 is 1.11 bits per heavy atom. The number of ether oxygens (including phenoxy) is 1. The quantitative estimate of drug-likeness (QED) is 0.815. The van der Waals surface area contributed by atoms with E-state index in [0.717, 1.165) is 6.42 Å². The highest BCUT2D eigenvalue weighted by atomic mass is 16.5. The first-order valence-electron chi connectivity index (χ1n) is 6.52. The number of fused-ring (bicyclic) bond motifs is 1. The summed E-state index contributed by atoms with van der Waals surface area (Å²) in [6.45, 7) is 0.668. The average Bonchev–Trinajstić information content (AvgIpc) is 2.46. The molecule has 1 aliphatic carbocycles. The van der Waals surface area contributed by atoms with Gasteiger partial charge in [-0.3, -0.25) is 4.98 Å². The molecule has 92 valence electrons. The number of aromatic nitrogens is 1. The number of aryl methyl sites for hydroxylation is 1. The van der Waals surface area contributed by atoms with Crippen LogP contribution in [0.3, 0.4) is 0 Å². The van der Waals surface area contributed by atoms with Crippen LogP contribution in [0, 0.1) is 0 Å². The van der Waals surface area contributed by atoms with Gasteiger partial charge >= 0.3 is 0 Å². The molecule has 0 aliphatic heterocycles. The molecule has 0 fully saturated rings. The SMILES string of the molecule is c1ccc2c(c1)CCCC2OCc1ccncc1. The monoisotopic (exact) mass is 239 g/mol. The Labute approximate surface area is 108 Å². The molecule has 0 spiro atoms. The first-order valence-corrected chi connectivity index (χ1v) is 6.52. The van der Waals surface area contributed by atoms with Crippen molar-refractivity contribution in [2.24, 2.45) is 0 Å². The van der Waals surface area contributed by atoms with Gasteiger partial charge in [0.15, 0.2) is 0 Å². The highest BCUT2D eigenvalue weighted by molar-refractivity contribution is 5.31. The predicted octanol–water partition coefficient (Wildman–Crippen LogP) is 3.68. The van der Waals surface area contributed by atoms with Crippen LogP contribution in [-0.4, -0.2) is 4.98 Å². The van der Waals surface area contributed by atoms with Crippen LogP contribution >= 0.6 is 0 Å². The maximum absolute atomic E-state index is 6.07. The van der Waals surface area contributed by atoms with Gasteiger partial charge in [-0.2, -0.15) is 0 Å². The van der Waals surface area contributed by atoms with Gasteiger partial charge in [-0.15, -0.1) is 0 Å². The Balaban J connectivity index is 1.71. The predicted molar refractivity (Wildman–Crippen MR) is 71.1 cm³/mol. The lowest BCUT2D eigenvalue weighted by molar-refractivity contribution is 0.0282. The first kappa shape index (κ1) is 11.4. The summed E-state index contributed by atoms with van der Waals surface area (Å²) in [4.78, 5) is 4.02. The Bertz CT molecular complexity index is 510. The van der Waals surface area contributed by atoms with E-state index in [2.05, 4.69) is 29.2 Å². The minimum absolute atomic E-state index is 0.253. The van der Waals surface area contributed by atoms with Gasteiger partial charge in [-0.05, 0) is 48.1 Å². The van der Waals surface area contributed by atoms with E-state index >= 15 is 0 Å². The topological polar surface area (TPSA) is 22.1 Å². The van der Waals surface area contributed by atoms with Gasteiger partial charge in [-0.25, -0.2) is 0 Å². The van der Waals surface area contributed by atoms with Gasteiger partial charge in [0.2, 0.25) is 0 Å². The van der Waals surface area contributed by atoms with E-state index in [-0.39, 0.29) is 6.10 Å². The third-order valence-corrected chi connectivity index (χ3v) is 3.51. The third-order valence-electron chi connectivity index (χ3n) is 3.51. The molecule has 0 bridgehead atoms. The molecule has 1 heterocycles. The highest BCUT2D eigenvalue weighted by Crippen LogP contribution is 2.32. The molecular weight excluding hydrogens is 222 g/mol. The molecule has 1 aromatic heterocycles. The number of hydrogen-bond acceptors (Lipinski definition) is 2. The largest absolute Gasteiger partial charge is 0.369 e. The zero-order valence-corrected chi connectivity index (χ0v) is 10.4. The van der Waals surface area contributed by atoms with Crippen LogP contribution in [0.4, 0.5) is 0 Å². The van der Waals surface area contributed by atoms with Crippen molar-refractivity contribution in [3.05, 3.63) is 65.5 Å². The molecule has 0 saturated carbocycles. The van der Waals surface area contributed by atoms with Crippen molar-refractivity contribution in [2.45, 2.75) is 32.0 Å². The summed E-state index contributed by atoms with van der Waals surface area (Å²) in [6, 6.07) is 12.7. The number of hydrogen-bond donors (Lipinski definition) is 0. The Kier molecular flexibility index (Phi) is 3.37. The minimum atomic E-state index is 0.253. The summed E-state index contributed by atoms with van der Waals surface area (Å²) in [6.07, 6.45) is 7.41. The molecule has 2 nitrogen and oxygen atoms in total. The lowest BCUT2D eigenvalue weighted by atomic mass is 9.89. The van der Waals surface area contributed by atoms with Crippen LogP contribution in [0.1, 0.15) is 35.6 Å². The van der Waals surface area contributed by atoms with Gasteiger partial charge in [-0.1, -0.05) is 24.3 Å². The summed E-state index contributed by atoms with van der Waals surface area (Å²) in [5.41, 5.74) is 4.01. The minimum Gasteiger partial charge on any atom is -0.369 e. The molecule has 0 saturated heterocycles. The molecule has 1 aromatic carbocycles. The van der Waals surface area contributed by atoms with Crippen molar-refractivity contribution in [3.8, 4) is 0 Å². The Morgan fingerprint density at radius 3 is 2.83 bits per heavy atom. The first-order chi connectivity index (χ1) is 8.93. The van der Waals surface area contributed by atoms with E-state index in [1.807, 2.05) is 24.5 Å². The van der Waals surface area contributed by atoms with Crippen molar-refractivity contribution in [1.29, 1.82) is 0 Å². The van der Waals surface area contributed by atoms with Gasteiger partial charge in [0.1, 0.15) is 0 Å². The number of pyridine rings is 1. The summed E-state index contributed by atoms with van der Waals surface area (Å²) >= 11 is 0. The molecule has 1 unspecified atom stereocenters. The van der Waals surface area contributed by atoms with Crippen LogP contribution in [0.15, 0.2) is 48.8 Å². The van der Waals surface area contributed by atoms with Crippen molar-refractivity contribution in [3.63, 3.8) is 0 Å². The lowest BCUT2D eigenvalue weighted by Gasteiger charge is -2.25. The molecule has 2 heteroatoms. The molecule has 0 amide bonds. The lowest BCUT2D eigenvalue weighted by Crippen LogP contribution is -2.12. The summed E-state index contributed by atoms with van der Waals surface area (Å²) in [5, 5.41) is 0. The van der Waals surface area contributed by atoms with Gasteiger partial charge in [0.05, 0.1) is 12.7 Å². The second-order valence-corrected chi connectivity index (χ2v) is 4.75. The van der Waals surface area contributed by atoms with Crippen LogP contribution in [0.5, 0.6) is 0 Å². The van der Waals surface area contributed by atoms with Crippen LogP contribution in [-0.2, 0) is 17.8 Å². The second-order valence-electron chi connectivity index (χ2n) is 4.75. The van der Waals surface area contributed by atoms with Gasteiger partial charge in [0.25, 0.3) is 0 Å². The number of rotatable bonds is 3. The van der Waals surface area contributed by atoms with Gasteiger partial charge < -0.3 is 4.74 Å². The fraction of sp³-hybridized carbons (Fsp3) is 0.312. The second kappa shape index (κ2) is 5.32. The van der Waals surface area contributed by atoms with Crippen LogP contribution in [0.2, 0.25) is 0 Å². The number of nitrogens with zero attached hydrogens (tertiary/aromatic N) is 1. The average molecular weight is 239 g/mol. The van der Waals surface area contributed by atoms with Crippen molar-refractivity contribution in [2.75, 3.05) is 0 Å². The van der Waals surface area contributed by atoms with Crippen molar-refractivity contribution < 1.29 is 4.74 Å². The zero-order chi connectivity index (χ0) is 12.2. The summed E-state index contributed by atoms with van der Waals surface area (Å²) < 4.78 is 6.07. The maximum atomic E-state index is 6.07. The molecule has 18 heavy (non-hydrogen) atoms. The maximum Gasteiger partial charge on any atom is 0.0832 e. The van der Waals surface area contributed by atoms with Crippen molar-refractivity contribution >= 4 is 0 Å². The molecule has 2 aromatic rings. The molecule has 0 radical (unpaired) electrons. The van der Waals surface area contributed by atoms with Crippen LogP contribution in [0.25, 0.3) is 0 Å². The Hall–Kier alpha value is -1.67. The normalized spacial score (nSPS) is 18.3. The fourth-order valence-electron chi connectivity index (χ4n) is 2.56. The van der Waals surface area contributed by atoms with E-state index in [9.17, 15) is 0 Å². The molecule has 3 rings (SSSR count). The zero-order valence-electron chi connectivity index (χ0n) is 10.4. The summed E-state index contributed by atoms with van der Waals surface area (Å²) in [7, 11) is 0. The van der Waals surface area contributed by atoms with E-state index in [4.69, 9.17) is 4.74 Å². The van der Waals surface area contributed by atoms with E-state index in [1.54, 1.807) is 0 Å². The third kappa shape index (κ3) is 2.44. The molecule has 1 atom stereocenters. The smallest absolute Gasteiger partial charge is 0.0832 e. The van der Waals surface area contributed by atoms with E-state index < -0.39 is 0 Å². The highest BCUT2D eigenvalue weighted by Gasteiger charge is 2.19. The van der Waals surface area contributed by atoms with E-state index in [1.165, 1.54) is 29.5 Å². The Morgan fingerprint density at radius 2 is 1.94 bits per heavy atom. The van der Waals surface area contributed by atoms with Crippen molar-refractivity contribution in [1.82, 2.24) is 4.98 Å². The standard InChI is InChI=1S/C16H17NO/c1-2-6-15-14(4-1)5-3-7-16(15)18-12-13-8-10-17-11-9-13/h1-2,4,6,8-11,16H,3,5,7,12H2. The molecular formula is C16H17NO. The summed E-state index contributed by atoms with van der Waals surface area (Å²) in [5.74, 6) is 0. The fourth-order valence-corrected chi connectivity index (χ4v) is 2.56. The number of benzene rings is 1. The van der Waals surface area contributed by atoms with Gasteiger partial charge in [0, 0.05) is 12.4 Å². The molecule has 1 aliphatic rings.